The summed E-state index contributed by atoms with van der Waals surface area (Å²) in [4.78, 5) is 17.2. The van der Waals surface area contributed by atoms with E-state index in [1.165, 1.54) is 17.5 Å². The molecule has 2 aliphatic heterocycles. The van der Waals surface area contributed by atoms with Crippen molar-refractivity contribution in [2.24, 2.45) is 0 Å². The third-order valence-electron chi connectivity index (χ3n) is 5.49. The molecule has 1 amide bonds. The van der Waals surface area contributed by atoms with Crippen molar-refractivity contribution in [1.29, 1.82) is 0 Å². The maximum atomic E-state index is 12.2. The fraction of sp³-hybridized carbons (Fsp3) is 0.650. The molecule has 2 saturated heterocycles. The molecule has 5 nitrogen and oxygen atoms in total. The van der Waals surface area contributed by atoms with Crippen molar-refractivity contribution < 1.29 is 4.79 Å². The summed E-state index contributed by atoms with van der Waals surface area (Å²) in [6, 6.07) is 8.88. The first-order valence-corrected chi connectivity index (χ1v) is 9.76. The molecule has 0 aromatic heterocycles. The highest BCUT2D eigenvalue weighted by atomic mass is 35.5. The van der Waals surface area contributed by atoms with Gasteiger partial charge in [0.15, 0.2) is 0 Å². The number of hydrogen-bond donors (Lipinski definition) is 2. The number of carbonyl (C=O) groups excluding carboxylic acids is 1. The Morgan fingerprint density at radius 2 is 1.71 bits per heavy atom. The van der Waals surface area contributed by atoms with Gasteiger partial charge < -0.3 is 15.5 Å². The summed E-state index contributed by atoms with van der Waals surface area (Å²) in [7, 11) is 0. The second kappa shape index (κ2) is 14.4. The minimum atomic E-state index is 0. The zero-order chi connectivity index (χ0) is 17.5. The minimum Gasteiger partial charge on any atom is -0.352 e. The van der Waals surface area contributed by atoms with Crippen LogP contribution in [0.4, 0.5) is 0 Å². The van der Waals surface area contributed by atoms with Gasteiger partial charge in [0.2, 0.25) is 5.91 Å². The summed E-state index contributed by atoms with van der Waals surface area (Å²) in [6.07, 6.45) is 2.90. The van der Waals surface area contributed by atoms with Crippen molar-refractivity contribution in [1.82, 2.24) is 20.4 Å². The first-order valence-electron chi connectivity index (χ1n) is 9.76. The molecule has 1 atom stereocenters. The number of nitrogens with zero attached hydrogens (tertiary/aromatic N) is 2. The van der Waals surface area contributed by atoms with E-state index in [1.54, 1.807) is 0 Å². The Balaban J connectivity index is 0.00000243. The monoisotopic (exact) mass is 452 g/mol. The Labute approximate surface area is 188 Å². The number of piperazine rings is 1. The van der Waals surface area contributed by atoms with Gasteiger partial charge >= 0.3 is 0 Å². The summed E-state index contributed by atoms with van der Waals surface area (Å²) >= 11 is 0. The van der Waals surface area contributed by atoms with Gasteiger partial charge in [-0.1, -0.05) is 31.2 Å². The lowest BCUT2D eigenvalue weighted by Crippen LogP contribution is -2.45. The van der Waals surface area contributed by atoms with Crippen LogP contribution < -0.4 is 10.6 Å². The Kier molecular flexibility index (Phi) is 14.1. The van der Waals surface area contributed by atoms with Crippen LogP contribution >= 0.6 is 37.2 Å². The fourth-order valence-electron chi connectivity index (χ4n) is 3.81. The molecule has 28 heavy (non-hydrogen) atoms. The smallest absolute Gasteiger partial charge is 0.221 e. The van der Waals surface area contributed by atoms with Crippen LogP contribution in [0.25, 0.3) is 0 Å². The lowest BCUT2D eigenvalue weighted by atomic mass is 10.1. The summed E-state index contributed by atoms with van der Waals surface area (Å²) < 4.78 is 0. The van der Waals surface area contributed by atoms with Crippen molar-refractivity contribution in [3.63, 3.8) is 0 Å². The van der Waals surface area contributed by atoms with E-state index in [4.69, 9.17) is 0 Å². The number of hydrogen-bond acceptors (Lipinski definition) is 4. The zero-order valence-corrected chi connectivity index (χ0v) is 19.1. The molecule has 1 unspecified atom stereocenters. The van der Waals surface area contributed by atoms with Gasteiger partial charge in [-0.25, -0.2) is 0 Å². The first-order chi connectivity index (χ1) is 12.2. The number of carbonyl (C=O) groups is 1. The highest BCUT2D eigenvalue weighted by Crippen LogP contribution is 2.14. The fourth-order valence-corrected chi connectivity index (χ4v) is 3.81. The molecule has 0 aliphatic carbocycles. The van der Waals surface area contributed by atoms with Crippen molar-refractivity contribution in [2.45, 2.75) is 45.3 Å². The van der Waals surface area contributed by atoms with Crippen LogP contribution in [0.1, 0.15) is 37.3 Å². The molecule has 0 saturated carbocycles. The largest absolute Gasteiger partial charge is 0.352 e. The summed E-state index contributed by atoms with van der Waals surface area (Å²) in [5, 5.41) is 6.50. The number of likely N-dealkylation sites (N-methyl/N-ethyl adjacent to an activating group) is 1. The van der Waals surface area contributed by atoms with Gasteiger partial charge in [-0.15, -0.1) is 37.2 Å². The van der Waals surface area contributed by atoms with E-state index >= 15 is 0 Å². The van der Waals surface area contributed by atoms with Crippen molar-refractivity contribution in [3.8, 4) is 0 Å². The van der Waals surface area contributed by atoms with Gasteiger partial charge in [0.25, 0.3) is 0 Å². The molecule has 2 heterocycles. The van der Waals surface area contributed by atoms with Crippen LogP contribution in [-0.2, 0) is 17.9 Å². The average molecular weight is 454 g/mol. The number of nitrogens with one attached hydrogen (secondary N) is 2. The van der Waals surface area contributed by atoms with E-state index in [9.17, 15) is 4.79 Å². The highest BCUT2D eigenvalue weighted by molar-refractivity contribution is 5.86. The standard InChI is InChI=1S/C20H32N4O.3ClH/c1-2-23-10-12-24(13-11-23)16-18-7-4-3-6-17(18)15-22-20(25)14-19-8-5-9-21-19;;;/h3-4,6-7,19,21H,2,5,8-16H2,1H3,(H,22,25);3*1H. The van der Waals surface area contributed by atoms with Crippen LogP contribution in [-0.4, -0.2) is 61.0 Å². The van der Waals surface area contributed by atoms with Gasteiger partial charge in [0, 0.05) is 51.7 Å². The Hall–Kier alpha value is -0.560. The van der Waals surface area contributed by atoms with Crippen LogP contribution in [0.15, 0.2) is 24.3 Å². The van der Waals surface area contributed by atoms with Crippen LogP contribution in [0.5, 0.6) is 0 Å². The molecule has 3 rings (SSSR count). The minimum absolute atomic E-state index is 0. The third-order valence-corrected chi connectivity index (χ3v) is 5.49. The molecule has 8 heteroatoms. The molecular formula is C20H35Cl3N4O. The molecule has 162 valence electrons. The van der Waals surface area contributed by atoms with Gasteiger partial charge in [-0.2, -0.15) is 0 Å². The molecule has 0 radical (unpaired) electrons. The van der Waals surface area contributed by atoms with Gasteiger partial charge in [0.1, 0.15) is 0 Å². The van der Waals surface area contributed by atoms with E-state index in [2.05, 4.69) is 51.6 Å². The van der Waals surface area contributed by atoms with E-state index in [0.29, 0.717) is 19.0 Å². The Morgan fingerprint density at radius 1 is 1.07 bits per heavy atom. The number of rotatable bonds is 7. The van der Waals surface area contributed by atoms with E-state index in [1.807, 2.05) is 0 Å². The van der Waals surface area contributed by atoms with Crippen LogP contribution in [0.2, 0.25) is 0 Å². The average Bonchev–Trinajstić information content (AvgIpc) is 3.14. The molecular weight excluding hydrogens is 419 g/mol. The zero-order valence-electron chi connectivity index (χ0n) is 16.7. The SMILES string of the molecule is CCN1CCN(Cc2ccccc2CNC(=O)CC2CCCN2)CC1.Cl.Cl.Cl. The lowest BCUT2D eigenvalue weighted by molar-refractivity contribution is -0.121. The quantitative estimate of drug-likeness (QED) is 0.666. The highest BCUT2D eigenvalue weighted by Gasteiger charge is 2.18. The topological polar surface area (TPSA) is 47.6 Å². The molecule has 2 N–H and O–H groups in total. The van der Waals surface area contributed by atoms with Gasteiger partial charge in [-0.05, 0) is 37.1 Å². The molecule has 1 aromatic carbocycles. The predicted molar refractivity (Wildman–Crippen MR) is 123 cm³/mol. The third kappa shape index (κ3) is 8.44. The number of amides is 1. The molecule has 2 aliphatic rings. The first kappa shape index (κ1) is 27.4. The predicted octanol–water partition coefficient (Wildman–Crippen LogP) is 2.85. The van der Waals surface area contributed by atoms with Crippen molar-refractivity contribution in [2.75, 3.05) is 39.3 Å². The molecule has 0 bridgehead atoms. The number of benzene rings is 1. The maximum absolute atomic E-state index is 12.2. The summed E-state index contributed by atoms with van der Waals surface area (Å²) in [5.74, 6) is 0.158. The lowest BCUT2D eigenvalue weighted by Gasteiger charge is -2.34. The molecule has 1 aromatic rings. The van der Waals surface area contributed by atoms with Gasteiger partial charge in [-0.3, -0.25) is 9.69 Å². The van der Waals surface area contributed by atoms with Gasteiger partial charge in [0.05, 0.1) is 0 Å². The Morgan fingerprint density at radius 3 is 2.32 bits per heavy atom. The van der Waals surface area contributed by atoms with Crippen LogP contribution in [0.3, 0.4) is 0 Å². The Bertz CT molecular complexity index is 562. The number of halogens is 3. The maximum Gasteiger partial charge on any atom is 0.221 e. The summed E-state index contributed by atoms with van der Waals surface area (Å²) in [6.45, 7) is 10.6. The van der Waals surface area contributed by atoms with E-state index in [0.717, 1.165) is 52.2 Å². The summed E-state index contributed by atoms with van der Waals surface area (Å²) in [5.41, 5.74) is 2.58. The second-order valence-corrected chi connectivity index (χ2v) is 7.25. The van der Waals surface area contributed by atoms with Crippen LogP contribution in [0, 0.1) is 0 Å². The normalized spacial score (nSPS) is 19.8. The molecule has 0 spiro atoms. The second-order valence-electron chi connectivity index (χ2n) is 7.25. The van der Waals surface area contributed by atoms with Crippen molar-refractivity contribution >= 4 is 43.1 Å². The van der Waals surface area contributed by atoms with E-state index < -0.39 is 0 Å². The molecule has 2 fully saturated rings. The van der Waals surface area contributed by atoms with Crippen molar-refractivity contribution in [3.05, 3.63) is 35.4 Å². The van der Waals surface area contributed by atoms with E-state index in [-0.39, 0.29) is 43.1 Å².